The summed E-state index contributed by atoms with van der Waals surface area (Å²) in [4.78, 5) is 26.4. The molecule has 3 aromatic rings. The number of nitrogens with one attached hydrogen (secondary N) is 1. The van der Waals surface area contributed by atoms with E-state index in [9.17, 15) is 18.0 Å². The Balaban J connectivity index is 1.64. The van der Waals surface area contributed by atoms with E-state index in [1.54, 1.807) is 36.1 Å². The van der Waals surface area contributed by atoms with Gasteiger partial charge in [-0.3, -0.25) is 18.9 Å². The molecular formula is C20H20ClN3O4S2. The molecule has 0 radical (unpaired) electrons. The number of sulfonamides is 1. The number of halogens is 1. The molecule has 1 amide bonds. The molecule has 10 heteroatoms. The molecule has 1 aromatic heterocycles. The minimum absolute atomic E-state index is 0.0358. The lowest BCUT2D eigenvalue weighted by molar-refractivity contribution is -0.130. The second-order valence-electron chi connectivity index (χ2n) is 7.19. The van der Waals surface area contributed by atoms with Crippen molar-refractivity contribution in [2.24, 2.45) is 0 Å². The van der Waals surface area contributed by atoms with Crippen molar-refractivity contribution in [3.05, 3.63) is 56.7 Å². The van der Waals surface area contributed by atoms with Crippen LogP contribution in [0.2, 0.25) is 5.02 Å². The fraction of sp³-hybridized carbons (Fsp3) is 0.300. The molecule has 0 aliphatic carbocycles. The number of hydrogen-bond donors (Lipinski definition) is 1. The molecule has 1 N–H and O–H groups in total. The second-order valence-corrected chi connectivity index (χ2v) is 10.3. The van der Waals surface area contributed by atoms with E-state index in [1.807, 2.05) is 0 Å². The molecule has 1 aliphatic heterocycles. The maximum Gasteiger partial charge on any atom is 0.308 e. The minimum Gasteiger partial charge on any atom is -0.341 e. The van der Waals surface area contributed by atoms with Gasteiger partial charge in [-0.15, -0.1) is 0 Å². The van der Waals surface area contributed by atoms with Crippen molar-refractivity contribution < 1.29 is 13.2 Å². The highest BCUT2D eigenvalue weighted by Gasteiger charge is 2.22. The van der Waals surface area contributed by atoms with Crippen LogP contribution in [0.4, 0.5) is 5.69 Å². The van der Waals surface area contributed by atoms with E-state index < -0.39 is 10.0 Å². The van der Waals surface area contributed by atoms with Gasteiger partial charge < -0.3 is 4.90 Å². The highest BCUT2D eigenvalue weighted by atomic mass is 35.5. The molecule has 30 heavy (non-hydrogen) atoms. The Morgan fingerprint density at radius 1 is 1.20 bits per heavy atom. The van der Waals surface area contributed by atoms with E-state index in [2.05, 4.69) is 4.72 Å². The maximum absolute atomic E-state index is 12.9. The molecule has 1 fully saturated rings. The van der Waals surface area contributed by atoms with Gasteiger partial charge in [0.25, 0.3) is 10.0 Å². The zero-order valence-corrected chi connectivity index (χ0v) is 18.6. The summed E-state index contributed by atoms with van der Waals surface area (Å²) in [6.07, 6.45) is 1.96. The van der Waals surface area contributed by atoms with Crippen molar-refractivity contribution in [3.8, 4) is 0 Å². The Morgan fingerprint density at radius 2 is 1.93 bits per heavy atom. The van der Waals surface area contributed by atoms with E-state index in [-0.39, 0.29) is 22.2 Å². The predicted molar refractivity (Wildman–Crippen MR) is 119 cm³/mol. The third-order valence-corrected chi connectivity index (χ3v) is 7.93. The van der Waals surface area contributed by atoms with Crippen molar-refractivity contribution in [2.45, 2.75) is 31.2 Å². The molecule has 0 spiro atoms. The smallest absolute Gasteiger partial charge is 0.308 e. The number of rotatable bonds is 5. The number of likely N-dealkylation sites (tertiary alicyclic amines) is 1. The summed E-state index contributed by atoms with van der Waals surface area (Å²) < 4.78 is 30.2. The topological polar surface area (TPSA) is 88.5 Å². The Hall–Kier alpha value is -2.36. The van der Waals surface area contributed by atoms with Crippen LogP contribution in [0, 0.1) is 6.92 Å². The highest BCUT2D eigenvalue weighted by Crippen LogP contribution is 2.27. The third kappa shape index (κ3) is 3.97. The van der Waals surface area contributed by atoms with E-state index in [0.717, 1.165) is 24.2 Å². The van der Waals surface area contributed by atoms with Crippen molar-refractivity contribution in [2.75, 3.05) is 17.8 Å². The molecule has 0 saturated carbocycles. The maximum atomic E-state index is 12.9. The van der Waals surface area contributed by atoms with Crippen LogP contribution in [0.25, 0.3) is 10.2 Å². The van der Waals surface area contributed by atoms with Crippen LogP contribution in [0.1, 0.15) is 18.4 Å². The van der Waals surface area contributed by atoms with Crippen LogP contribution in [0.15, 0.2) is 46.1 Å². The molecule has 4 rings (SSSR count). The number of benzene rings is 2. The number of amides is 1. The Morgan fingerprint density at radius 3 is 2.67 bits per heavy atom. The first-order valence-corrected chi connectivity index (χ1v) is 12.1. The van der Waals surface area contributed by atoms with E-state index in [1.165, 1.54) is 16.7 Å². The molecule has 2 aromatic carbocycles. The first kappa shape index (κ1) is 20.9. The minimum atomic E-state index is -3.87. The Kier molecular flexibility index (Phi) is 5.61. The number of thiazole rings is 1. The van der Waals surface area contributed by atoms with Gasteiger partial charge in [-0.1, -0.05) is 29.0 Å². The van der Waals surface area contributed by atoms with Crippen LogP contribution in [-0.2, 0) is 21.4 Å². The van der Waals surface area contributed by atoms with Crippen molar-refractivity contribution >= 4 is 54.8 Å². The monoisotopic (exact) mass is 465 g/mol. The van der Waals surface area contributed by atoms with E-state index >= 15 is 0 Å². The molecular weight excluding hydrogens is 446 g/mol. The third-order valence-electron chi connectivity index (χ3n) is 5.21. The summed E-state index contributed by atoms with van der Waals surface area (Å²) in [5, 5.41) is 0.462. The summed E-state index contributed by atoms with van der Waals surface area (Å²) in [6.45, 7) is 3.12. The van der Waals surface area contributed by atoms with Gasteiger partial charge in [-0.25, -0.2) is 8.42 Å². The molecule has 1 saturated heterocycles. The van der Waals surface area contributed by atoms with Gasteiger partial charge in [-0.05, 0) is 55.7 Å². The Bertz CT molecular complexity index is 1290. The van der Waals surface area contributed by atoms with Gasteiger partial charge in [0.05, 0.1) is 20.8 Å². The summed E-state index contributed by atoms with van der Waals surface area (Å²) in [7, 11) is -3.87. The van der Waals surface area contributed by atoms with Gasteiger partial charge in [0, 0.05) is 18.1 Å². The van der Waals surface area contributed by atoms with Crippen LogP contribution in [-0.4, -0.2) is 36.9 Å². The average Bonchev–Trinajstić information content (AvgIpc) is 3.33. The normalized spacial score (nSPS) is 14.4. The van der Waals surface area contributed by atoms with Crippen LogP contribution in [0.3, 0.4) is 0 Å². The van der Waals surface area contributed by atoms with Gasteiger partial charge >= 0.3 is 4.87 Å². The zero-order valence-electron chi connectivity index (χ0n) is 16.2. The molecule has 0 bridgehead atoms. The van der Waals surface area contributed by atoms with Crippen LogP contribution >= 0.6 is 22.9 Å². The van der Waals surface area contributed by atoms with E-state index in [4.69, 9.17) is 11.6 Å². The number of fused-ring (bicyclic) bond motifs is 1. The quantitative estimate of drug-likeness (QED) is 0.625. The fourth-order valence-electron chi connectivity index (χ4n) is 3.49. The summed E-state index contributed by atoms with van der Waals surface area (Å²) in [5.41, 5.74) is 1.57. The summed E-state index contributed by atoms with van der Waals surface area (Å²) in [5.74, 6) is -0.0934. The number of hydrogen-bond acceptors (Lipinski definition) is 5. The number of carbonyl (C=O) groups is 1. The predicted octanol–water partition coefficient (Wildman–Crippen LogP) is 3.45. The SMILES string of the molecule is Cc1c(Cl)cccc1NS(=O)(=O)c1ccc2c(c1)sc(=O)n2CC(=O)N1CCCC1. The number of anilines is 1. The molecule has 2 heterocycles. The highest BCUT2D eigenvalue weighted by molar-refractivity contribution is 7.92. The van der Waals surface area contributed by atoms with Gasteiger partial charge in [0.15, 0.2) is 0 Å². The molecule has 0 unspecified atom stereocenters. The number of nitrogens with zero attached hydrogens (tertiary/aromatic N) is 2. The first-order valence-electron chi connectivity index (χ1n) is 9.45. The standard InChI is InChI=1S/C20H20ClN3O4S2/c1-13-15(21)5-4-6-16(13)22-30(27,28)14-7-8-17-18(11-14)29-20(26)24(17)12-19(25)23-9-2-3-10-23/h4-8,11,22H,2-3,9-10,12H2,1H3. The number of aromatic nitrogens is 1. The molecule has 7 nitrogen and oxygen atoms in total. The van der Waals surface area contributed by atoms with Gasteiger partial charge in [-0.2, -0.15) is 0 Å². The van der Waals surface area contributed by atoms with E-state index in [0.29, 0.717) is 39.6 Å². The molecule has 158 valence electrons. The van der Waals surface area contributed by atoms with Crippen molar-refractivity contribution in [3.63, 3.8) is 0 Å². The lowest BCUT2D eigenvalue weighted by Gasteiger charge is -2.15. The van der Waals surface area contributed by atoms with Crippen molar-refractivity contribution in [1.82, 2.24) is 9.47 Å². The molecule has 1 aliphatic rings. The summed E-state index contributed by atoms with van der Waals surface area (Å²) >= 11 is 7.00. The lowest BCUT2D eigenvalue weighted by Crippen LogP contribution is -2.33. The lowest BCUT2D eigenvalue weighted by atomic mass is 10.2. The Labute approximate surface area is 182 Å². The average molecular weight is 466 g/mol. The van der Waals surface area contributed by atoms with Crippen molar-refractivity contribution in [1.29, 1.82) is 0 Å². The second kappa shape index (κ2) is 8.05. The van der Waals surface area contributed by atoms with Gasteiger partial charge in [0.2, 0.25) is 5.91 Å². The van der Waals surface area contributed by atoms with Crippen LogP contribution in [0.5, 0.6) is 0 Å². The number of carbonyl (C=O) groups excluding carboxylic acids is 1. The van der Waals surface area contributed by atoms with Gasteiger partial charge in [0.1, 0.15) is 6.54 Å². The fourth-order valence-corrected chi connectivity index (χ4v) is 5.81. The zero-order chi connectivity index (χ0) is 21.5. The first-order chi connectivity index (χ1) is 14.3. The van der Waals surface area contributed by atoms with Crippen LogP contribution < -0.4 is 9.60 Å². The molecule has 0 atom stereocenters. The summed E-state index contributed by atoms with van der Waals surface area (Å²) in [6, 6.07) is 9.46. The largest absolute Gasteiger partial charge is 0.341 e.